The van der Waals surface area contributed by atoms with Crippen LogP contribution in [0, 0.1) is 5.41 Å². The summed E-state index contributed by atoms with van der Waals surface area (Å²) >= 11 is 6.24. The first-order valence-electron chi connectivity index (χ1n) is 10.8. The highest BCUT2D eigenvalue weighted by Crippen LogP contribution is 2.35. The summed E-state index contributed by atoms with van der Waals surface area (Å²) in [5.41, 5.74) is 1.39. The maximum atomic E-state index is 12.5. The number of carbonyl (C=O) groups is 2. The standard InChI is InChI=1S/C25H28ClN3O5/c1-4-32-23(30)28-24(31)34-21(25(2,3)16-26)22(29-15-14-27-17-29)33-20-12-10-19(11-13-20)18-8-6-5-7-9-18/h5-15,17,21-22H,4,16H2,1-3H3,(H,28,30,31). The van der Waals surface area contributed by atoms with Gasteiger partial charge in [-0.3, -0.25) is 4.57 Å². The van der Waals surface area contributed by atoms with Crippen molar-refractivity contribution in [3.8, 4) is 16.9 Å². The number of carbonyl (C=O) groups excluding carboxylic acids is 2. The fourth-order valence-electron chi connectivity index (χ4n) is 3.27. The second kappa shape index (κ2) is 11.6. The maximum absolute atomic E-state index is 12.5. The van der Waals surface area contributed by atoms with Gasteiger partial charge in [-0.2, -0.15) is 0 Å². The van der Waals surface area contributed by atoms with Gasteiger partial charge in [-0.25, -0.2) is 19.9 Å². The number of rotatable bonds is 9. The number of nitrogens with one attached hydrogen (secondary N) is 1. The van der Waals surface area contributed by atoms with E-state index in [0.29, 0.717) is 5.75 Å². The zero-order chi connectivity index (χ0) is 24.6. The second-order valence-corrected chi connectivity index (χ2v) is 8.47. The Balaban J connectivity index is 1.87. The predicted octanol–water partition coefficient (Wildman–Crippen LogP) is 5.64. The van der Waals surface area contributed by atoms with Gasteiger partial charge in [0, 0.05) is 23.7 Å². The van der Waals surface area contributed by atoms with Gasteiger partial charge in [0.05, 0.1) is 12.9 Å². The van der Waals surface area contributed by atoms with E-state index in [2.05, 4.69) is 10.3 Å². The summed E-state index contributed by atoms with van der Waals surface area (Å²) in [4.78, 5) is 28.3. The minimum Gasteiger partial charge on any atom is -0.466 e. The molecule has 0 radical (unpaired) electrons. The van der Waals surface area contributed by atoms with Crippen molar-refractivity contribution in [3.63, 3.8) is 0 Å². The van der Waals surface area contributed by atoms with Crippen LogP contribution in [0.4, 0.5) is 9.59 Å². The molecule has 3 aromatic rings. The van der Waals surface area contributed by atoms with Crippen LogP contribution in [0.1, 0.15) is 27.0 Å². The van der Waals surface area contributed by atoms with Crippen LogP contribution in [0.25, 0.3) is 11.1 Å². The average Bonchev–Trinajstić information content (AvgIpc) is 3.37. The molecule has 34 heavy (non-hydrogen) atoms. The summed E-state index contributed by atoms with van der Waals surface area (Å²) in [7, 11) is 0. The fourth-order valence-corrected chi connectivity index (χ4v) is 3.42. The molecule has 0 aliphatic heterocycles. The van der Waals surface area contributed by atoms with Crippen molar-refractivity contribution in [1.29, 1.82) is 0 Å². The van der Waals surface area contributed by atoms with Gasteiger partial charge in [0.25, 0.3) is 0 Å². The lowest BCUT2D eigenvalue weighted by Crippen LogP contribution is -2.46. The number of ether oxygens (including phenoxy) is 3. The van der Waals surface area contributed by atoms with E-state index in [4.69, 9.17) is 25.8 Å². The Morgan fingerprint density at radius 1 is 1.06 bits per heavy atom. The van der Waals surface area contributed by atoms with Gasteiger partial charge in [-0.1, -0.05) is 56.3 Å². The Bertz CT molecular complexity index is 1060. The molecule has 2 unspecified atom stereocenters. The highest BCUT2D eigenvalue weighted by atomic mass is 35.5. The van der Waals surface area contributed by atoms with Gasteiger partial charge >= 0.3 is 12.2 Å². The van der Waals surface area contributed by atoms with E-state index in [1.165, 1.54) is 0 Å². The molecule has 8 nitrogen and oxygen atoms in total. The van der Waals surface area contributed by atoms with Crippen LogP contribution in [0.3, 0.4) is 0 Å². The predicted molar refractivity (Wildman–Crippen MR) is 129 cm³/mol. The van der Waals surface area contributed by atoms with Crippen LogP contribution < -0.4 is 10.1 Å². The van der Waals surface area contributed by atoms with E-state index < -0.39 is 29.9 Å². The summed E-state index contributed by atoms with van der Waals surface area (Å²) in [6.07, 6.45) is 1.30. The van der Waals surface area contributed by atoms with Gasteiger partial charge in [-0.05, 0) is 30.2 Å². The van der Waals surface area contributed by atoms with Crippen LogP contribution in [0.5, 0.6) is 5.75 Å². The Kier molecular flexibility index (Phi) is 8.54. The lowest BCUT2D eigenvalue weighted by Gasteiger charge is -2.37. The van der Waals surface area contributed by atoms with Crippen molar-refractivity contribution < 1.29 is 23.8 Å². The van der Waals surface area contributed by atoms with Crippen molar-refractivity contribution in [2.24, 2.45) is 5.41 Å². The molecule has 2 atom stereocenters. The third-order valence-corrected chi connectivity index (χ3v) is 5.81. The number of imide groups is 1. The first-order valence-corrected chi connectivity index (χ1v) is 11.4. The van der Waals surface area contributed by atoms with Gasteiger partial charge in [0.15, 0.2) is 6.10 Å². The number of nitrogens with zero attached hydrogens (tertiary/aromatic N) is 2. The summed E-state index contributed by atoms with van der Waals surface area (Å²) in [6.45, 7) is 5.44. The van der Waals surface area contributed by atoms with E-state index in [9.17, 15) is 9.59 Å². The topological polar surface area (TPSA) is 91.7 Å². The van der Waals surface area contributed by atoms with Gasteiger partial charge < -0.3 is 14.2 Å². The molecule has 1 N–H and O–H groups in total. The quantitative estimate of drug-likeness (QED) is 0.394. The molecule has 0 saturated heterocycles. The molecule has 9 heteroatoms. The number of amides is 2. The molecule has 2 amide bonds. The smallest absolute Gasteiger partial charge is 0.417 e. The number of imidazole rings is 1. The molecule has 0 aliphatic carbocycles. The summed E-state index contributed by atoms with van der Waals surface area (Å²) in [6, 6.07) is 17.6. The van der Waals surface area contributed by atoms with Gasteiger partial charge in [0.1, 0.15) is 5.75 Å². The minimum atomic E-state index is -0.963. The van der Waals surface area contributed by atoms with Crippen LogP contribution in [-0.2, 0) is 9.47 Å². The van der Waals surface area contributed by atoms with Crippen molar-refractivity contribution in [2.75, 3.05) is 12.5 Å². The third kappa shape index (κ3) is 6.51. The van der Waals surface area contributed by atoms with Gasteiger partial charge in [-0.15, -0.1) is 11.6 Å². The van der Waals surface area contributed by atoms with Crippen LogP contribution in [0.2, 0.25) is 0 Å². The Labute approximate surface area is 203 Å². The number of halogens is 1. The number of hydrogen-bond donors (Lipinski definition) is 1. The zero-order valence-electron chi connectivity index (χ0n) is 19.3. The highest BCUT2D eigenvalue weighted by molar-refractivity contribution is 6.18. The molecule has 1 aromatic heterocycles. The normalized spacial score (nSPS) is 12.9. The molecule has 1 heterocycles. The van der Waals surface area contributed by atoms with Crippen molar-refractivity contribution in [1.82, 2.24) is 14.9 Å². The molecular formula is C25H28ClN3O5. The Morgan fingerprint density at radius 3 is 2.32 bits per heavy atom. The molecule has 2 aromatic carbocycles. The van der Waals surface area contributed by atoms with Crippen molar-refractivity contribution in [2.45, 2.75) is 33.1 Å². The number of alkyl halides is 1. The van der Waals surface area contributed by atoms with E-state index in [0.717, 1.165) is 11.1 Å². The highest BCUT2D eigenvalue weighted by Gasteiger charge is 2.41. The summed E-state index contributed by atoms with van der Waals surface area (Å²) < 4.78 is 18.4. The lowest BCUT2D eigenvalue weighted by atomic mass is 9.87. The monoisotopic (exact) mass is 485 g/mol. The molecule has 180 valence electrons. The van der Waals surface area contributed by atoms with E-state index in [1.807, 2.05) is 68.4 Å². The first kappa shape index (κ1) is 25.1. The second-order valence-electron chi connectivity index (χ2n) is 8.20. The van der Waals surface area contributed by atoms with E-state index in [-0.39, 0.29) is 12.5 Å². The summed E-state index contributed by atoms with van der Waals surface area (Å²) in [5.74, 6) is 0.717. The molecular weight excluding hydrogens is 458 g/mol. The maximum Gasteiger partial charge on any atom is 0.417 e. The first-order chi connectivity index (χ1) is 16.3. The SMILES string of the molecule is CCOC(=O)NC(=O)OC(C(Oc1ccc(-c2ccccc2)cc1)n1ccnc1)C(C)(C)CCl. The fraction of sp³-hybridized carbons (Fsp3) is 0.320. The number of benzene rings is 2. The summed E-state index contributed by atoms with van der Waals surface area (Å²) in [5, 5.41) is 2.05. The van der Waals surface area contributed by atoms with Crippen molar-refractivity contribution >= 4 is 23.8 Å². The number of alkyl carbamates (subject to hydrolysis) is 2. The molecule has 0 aliphatic rings. The number of hydrogen-bond acceptors (Lipinski definition) is 6. The Hall–Kier alpha value is -3.52. The molecule has 0 spiro atoms. The van der Waals surface area contributed by atoms with Crippen LogP contribution in [-0.4, -0.2) is 40.3 Å². The minimum absolute atomic E-state index is 0.121. The van der Waals surface area contributed by atoms with Crippen LogP contribution >= 0.6 is 11.6 Å². The largest absolute Gasteiger partial charge is 0.466 e. The molecule has 0 bridgehead atoms. The molecule has 3 rings (SSSR count). The van der Waals surface area contributed by atoms with Crippen molar-refractivity contribution in [3.05, 3.63) is 73.3 Å². The Morgan fingerprint density at radius 2 is 1.74 bits per heavy atom. The average molecular weight is 486 g/mol. The molecule has 0 fully saturated rings. The van der Waals surface area contributed by atoms with E-state index >= 15 is 0 Å². The molecule has 0 saturated carbocycles. The lowest BCUT2D eigenvalue weighted by molar-refractivity contribution is -0.0728. The zero-order valence-corrected chi connectivity index (χ0v) is 20.1. The van der Waals surface area contributed by atoms with Crippen LogP contribution in [0.15, 0.2) is 73.3 Å². The third-order valence-electron chi connectivity index (χ3n) is 5.12. The van der Waals surface area contributed by atoms with Gasteiger partial charge in [0.2, 0.25) is 6.23 Å². The number of aromatic nitrogens is 2. The van der Waals surface area contributed by atoms with E-state index in [1.54, 1.807) is 30.2 Å².